The molecule has 0 saturated heterocycles. The molecular weight excluding hydrogens is 829 g/mol. The van der Waals surface area contributed by atoms with Crippen molar-refractivity contribution in [1.82, 2.24) is 0 Å². The molecule has 0 bridgehead atoms. The van der Waals surface area contributed by atoms with E-state index in [0.717, 1.165) is 109 Å². The van der Waals surface area contributed by atoms with Crippen molar-refractivity contribution in [3.8, 4) is 0 Å². The van der Waals surface area contributed by atoms with Crippen molar-refractivity contribution in [2.45, 2.75) is 207 Å². The Morgan fingerprint density at radius 3 is 1.13 bits per heavy atom. The summed E-state index contributed by atoms with van der Waals surface area (Å²) < 4.78 is 16.7. The van der Waals surface area contributed by atoms with Crippen molar-refractivity contribution >= 4 is 17.9 Å². The molecule has 0 aromatic carbocycles. The van der Waals surface area contributed by atoms with Gasteiger partial charge in [0.25, 0.3) is 0 Å². The summed E-state index contributed by atoms with van der Waals surface area (Å²) in [6.45, 7) is 6.24. The van der Waals surface area contributed by atoms with Gasteiger partial charge in [-0.2, -0.15) is 0 Å². The molecule has 0 aliphatic carbocycles. The molecule has 0 saturated carbocycles. The van der Waals surface area contributed by atoms with Crippen LogP contribution in [0.5, 0.6) is 0 Å². The topological polar surface area (TPSA) is 78.9 Å². The third-order valence-corrected chi connectivity index (χ3v) is 10.4. The van der Waals surface area contributed by atoms with Crippen LogP contribution in [0.3, 0.4) is 0 Å². The first-order valence-electron chi connectivity index (χ1n) is 26.4. The van der Waals surface area contributed by atoms with Crippen molar-refractivity contribution in [3.05, 3.63) is 146 Å². The molecule has 0 aromatic heterocycles. The first-order valence-corrected chi connectivity index (χ1v) is 26.4. The lowest BCUT2D eigenvalue weighted by Gasteiger charge is -2.18. The molecule has 6 heteroatoms. The van der Waals surface area contributed by atoms with E-state index in [2.05, 4.69) is 130 Å². The Balaban J connectivity index is 4.60. The molecule has 0 rings (SSSR count). The SMILES string of the molecule is CC\C=C/C=C\C=C/C=C\CCCCCC(=O)OCC(COC(=O)CCCCC/C=C\C/C=C\C/C=C\C/C=C\C/C=C\CC)OC(=O)CCC/C=C\C/C=C\C/C=C\CCCCCCCC. The number of hydrogen-bond donors (Lipinski definition) is 0. The minimum atomic E-state index is -0.841. The summed E-state index contributed by atoms with van der Waals surface area (Å²) in [5.74, 6) is -1.07. The fourth-order valence-corrected chi connectivity index (χ4v) is 6.49. The van der Waals surface area contributed by atoms with E-state index in [1.165, 1.54) is 44.9 Å². The summed E-state index contributed by atoms with van der Waals surface area (Å²) in [7, 11) is 0. The van der Waals surface area contributed by atoms with Crippen LogP contribution in [0.2, 0.25) is 0 Å². The number of esters is 3. The van der Waals surface area contributed by atoms with Crippen LogP contribution in [0.15, 0.2) is 146 Å². The van der Waals surface area contributed by atoms with Crippen LogP contribution in [0.25, 0.3) is 0 Å². The van der Waals surface area contributed by atoms with Gasteiger partial charge in [0.15, 0.2) is 6.10 Å². The van der Waals surface area contributed by atoms with E-state index in [0.29, 0.717) is 12.8 Å². The maximum Gasteiger partial charge on any atom is 0.306 e. The highest BCUT2D eigenvalue weighted by Gasteiger charge is 2.19. The van der Waals surface area contributed by atoms with Gasteiger partial charge < -0.3 is 14.2 Å². The molecule has 0 heterocycles. The lowest BCUT2D eigenvalue weighted by molar-refractivity contribution is -0.167. The number of carbonyl (C=O) groups is 3. The molecular formula is C61H94O6. The second-order valence-corrected chi connectivity index (χ2v) is 16.8. The molecule has 0 fully saturated rings. The number of allylic oxidation sites excluding steroid dienone is 24. The molecule has 0 N–H and O–H groups in total. The molecule has 0 aliphatic heterocycles. The fraction of sp³-hybridized carbons (Fsp3) is 0.557. The van der Waals surface area contributed by atoms with Gasteiger partial charge in [0.05, 0.1) is 0 Å². The van der Waals surface area contributed by atoms with Crippen molar-refractivity contribution in [2.75, 3.05) is 13.2 Å². The Bertz CT molecular complexity index is 1530. The van der Waals surface area contributed by atoms with Gasteiger partial charge in [0.2, 0.25) is 0 Å². The highest BCUT2D eigenvalue weighted by Crippen LogP contribution is 2.11. The molecule has 1 unspecified atom stereocenters. The predicted molar refractivity (Wildman–Crippen MR) is 288 cm³/mol. The normalized spacial score (nSPS) is 13.3. The van der Waals surface area contributed by atoms with E-state index < -0.39 is 6.10 Å². The molecule has 67 heavy (non-hydrogen) atoms. The van der Waals surface area contributed by atoms with Gasteiger partial charge in [-0.15, -0.1) is 0 Å². The second kappa shape index (κ2) is 53.9. The van der Waals surface area contributed by atoms with E-state index in [1.54, 1.807) is 0 Å². The smallest absolute Gasteiger partial charge is 0.306 e. The van der Waals surface area contributed by atoms with Crippen LogP contribution in [0.4, 0.5) is 0 Å². The minimum absolute atomic E-state index is 0.135. The average Bonchev–Trinajstić information content (AvgIpc) is 3.33. The molecule has 0 aromatic rings. The van der Waals surface area contributed by atoms with Gasteiger partial charge in [-0.3, -0.25) is 14.4 Å². The third-order valence-electron chi connectivity index (χ3n) is 10.4. The Kier molecular flexibility index (Phi) is 50.1. The maximum atomic E-state index is 12.8. The maximum absolute atomic E-state index is 12.8. The zero-order valence-electron chi connectivity index (χ0n) is 42.6. The summed E-state index contributed by atoms with van der Waals surface area (Å²) in [6.07, 6.45) is 77.0. The summed E-state index contributed by atoms with van der Waals surface area (Å²) >= 11 is 0. The van der Waals surface area contributed by atoms with Crippen molar-refractivity contribution in [1.29, 1.82) is 0 Å². The van der Waals surface area contributed by atoms with Crippen LogP contribution < -0.4 is 0 Å². The number of rotatable bonds is 45. The summed E-state index contributed by atoms with van der Waals surface area (Å²) in [6, 6.07) is 0. The van der Waals surface area contributed by atoms with Crippen LogP contribution in [0.1, 0.15) is 201 Å². The minimum Gasteiger partial charge on any atom is -0.462 e. The second-order valence-electron chi connectivity index (χ2n) is 16.8. The Morgan fingerprint density at radius 2 is 0.672 bits per heavy atom. The van der Waals surface area contributed by atoms with Crippen LogP contribution in [0, 0.1) is 0 Å². The molecule has 0 aliphatic rings. The molecule has 0 spiro atoms. The molecule has 1 atom stereocenters. The first-order chi connectivity index (χ1) is 33.0. The van der Waals surface area contributed by atoms with Crippen LogP contribution in [-0.2, 0) is 28.6 Å². The molecule has 0 amide bonds. The zero-order valence-corrected chi connectivity index (χ0v) is 42.6. The summed E-state index contributed by atoms with van der Waals surface area (Å²) in [5.41, 5.74) is 0. The van der Waals surface area contributed by atoms with E-state index in [-0.39, 0.29) is 44.0 Å². The number of ether oxygens (including phenoxy) is 3. The van der Waals surface area contributed by atoms with Crippen molar-refractivity contribution < 1.29 is 28.6 Å². The van der Waals surface area contributed by atoms with E-state index >= 15 is 0 Å². The Labute approximate surface area is 410 Å². The number of unbranched alkanes of at least 4 members (excludes halogenated alkanes) is 13. The van der Waals surface area contributed by atoms with E-state index in [1.807, 2.05) is 36.5 Å². The van der Waals surface area contributed by atoms with Gasteiger partial charge in [-0.1, -0.05) is 212 Å². The van der Waals surface area contributed by atoms with Crippen molar-refractivity contribution in [2.24, 2.45) is 0 Å². The standard InChI is InChI=1S/C61H94O6/c1-4-7-10-13-16-19-22-25-27-29-30-32-33-36-39-42-45-48-51-54-60(63)66-57-58(56-65-59(62)53-50-47-44-41-38-35-24-21-18-15-12-9-6-3)67-61(64)55-52-49-46-43-40-37-34-31-28-26-23-20-17-14-11-8-5-2/h7,9-10,12,15-16,18-19,21,24-28,30,32,34-39,43,46,58H,4-6,8,11,13-14,17,20,22-23,29,31,33,40-42,44-45,47-57H2,1-3H3/b10-7-,12-9-,18-15-,19-16-,24-21-,27-25-,28-26-,32-30-,37-34-,38-35-,39-36-,46-43-. The van der Waals surface area contributed by atoms with E-state index in [9.17, 15) is 14.4 Å². The Morgan fingerprint density at radius 1 is 0.328 bits per heavy atom. The lowest BCUT2D eigenvalue weighted by Crippen LogP contribution is -2.30. The van der Waals surface area contributed by atoms with Crippen LogP contribution >= 0.6 is 0 Å². The fourth-order valence-electron chi connectivity index (χ4n) is 6.49. The predicted octanol–water partition coefficient (Wildman–Crippen LogP) is 17.6. The number of hydrogen-bond acceptors (Lipinski definition) is 6. The van der Waals surface area contributed by atoms with Gasteiger partial charge in [-0.25, -0.2) is 0 Å². The lowest BCUT2D eigenvalue weighted by atomic mass is 10.1. The average molecular weight is 923 g/mol. The third kappa shape index (κ3) is 52.1. The Hall–Kier alpha value is -4.71. The quantitative estimate of drug-likeness (QED) is 0.0199. The number of carbonyl (C=O) groups excluding carboxylic acids is 3. The summed E-state index contributed by atoms with van der Waals surface area (Å²) in [5, 5.41) is 0. The van der Waals surface area contributed by atoms with Gasteiger partial charge >= 0.3 is 17.9 Å². The zero-order chi connectivity index (χ0) is 48.6. The summed E-state index contributed by atoms with van der Waals surface area (Å²) in [4.78, 5) is 38.0. The first kappa shape index (κ1) is 62.3. The highest BCUT2D eigenvalue weighted by atomic mass is 16.6. The molecule has 0 radical (unpaired) electrons. The largest absolute Gasteiger partial charge is 0.462 e. The van der Waals surface area contributed by atoms with Crippen LogP contribution in [-0.4, -0.2) is 37.2 Å². The van der Waals surface area contributed by atoms with Crippen molar-refractivity contribution in [3.63, 3.8) is 0 Å². The highest BCUT2D eigenvalue weighted by molar-refractivity contribution is 5.71. The molecule has 6 nitrogen and oxygen atoms in total. The molecule has 374 valence electrons. The van der Waals surface area contributed by atoms with Gasteiger partial charge in [-0.05, 0) is 116 Å². The van der Waals surface area contributed by atoms with Gasteiger partial charge in [0.1, 0.15) is 13.2 Å². The monoisotopic (exact) mass is 923 g/mol. The van der Waals surface area contributed by atoms with E-state index in [4.69, 9.17) is 14.2 Å². The van der Waals surface area contributed by atoms with Gasteiger partial charge in [0, 0.05) is 19.3 Å².